The van der Waals surface area contributed by atoms with E-state index < -0.39 is 17.3 Å². The maximum absolute atomic E-state index is 13.5. The Morgan fingerprint density at radius 3 is 2.52 bits per heavy atom. The molecule has 4 rings (SSSR count). The van der Waals surface area contributed by atoms with Crippen molar-refractivity contribution in [2.75, 3.05) is 0 Å². The number of benzene rings is 2. The Bertz CT molecular complexity index is 1200. The van der Waals surface area contributed by atoms with Crippen molar-refractivity contribution in [2.45, 2.75) is 44.5 Å². The van der Waals surface area contributed by atoms with Crippen molar-refractivity contribution in [3.63, 3.8) is 0 Å². The second-order valence-electron chi connectivity index (χ2n) is 8.45. The largest absolute Gasteiger partial charge is 0.479 e. The van der Waals surface area contributed by atoms with Crippen molar-refractivity contribution in [3.8, 4) is 17.1 Å². The van der Waals surface area contributed by atoms with Gasteiger partial charge in [0.05, 0.1) is 11.1 Å². The van der Waals surface area contributed by atoms with Crippen LogP contribution in [0.4, 0.5) is 13.2 Å². The minimum absolute atomic E-state index is 0.0532. The minimum atomic E-state index is -4.54. The van der Waals surface area contributed by atoms with E-state index in [0.29, 0.717) is 5.02 Å². The van der Waals surface area contributed by atoms with E-state index in [0.717, 1.165) is 18.9 Å². The molecule has 1 aliphatic carbocycles. The molecule has 1 saturated carbocycles. The Morgan fingerprint density at radius 1 is 1.15 bits per heavy atom. The fourth-order valence-electron chi connectivity index (χ4n) is 3.59. The Kier molecular flexibility index (Phi) is 5.86. The summed E-state index contributed by atoms with van der Waals surface area (Å²) in [6, 6.07) is 10.0. The van der Waals surface area contributed by atoms with Crippen molar-refractivity contribution in [3.05, 3.63) is 64.4 Å². The molecule has 1 fully saturated rings. The topological polar surface area (TPSA) is 69.0 Å². The van der Waals surface area contributed by atoms with Gasteiger partial charge in [-0.1, -0.05) is 29.8 Å². The van der Waals surface area contributed by atoms with Gasteiger partial charge in [0.2, 0.25) is 0 Å². The predicted molar refractivity (Wildman–Crippen MR) is 117 cm³/mol. The van der Waals surface area contributed by atoms with Gasteiger partial charge in [0.25, 0.3) is 5.91 Å². The standard InChI is InChI=1S/C23H22ClF3N4O2/c1-22(2,33-18-11-8-13(24)12-16(18)20(32)28-14-9-10-14)21-30-29-19(31(21)3)15-6-4-5-7-17(15)23(25,26)27/h4-8,11-12,14H,9-10H2,1-3H3,(H,28,32). The maximum atomic E-state index is 13.5. The Morgan fingerprint density at radius 2 is 1.85 bits per heavy atom. The summed E-state index contributed by atoms with van der Waals surface area (Å²) >= 11 is 6.10. The Labute approximate surface area is 193 Å². The van der Waals surface area contributed by atoms with Crippen LogP contribution in [0.25, 0.3) is 11.4 Å². The van der Waals surface area contributed by atoms with Crippen LogP contribution >= 0.6 is 11.6 Å². The zero-order chi connectivity index (χ0) is 24.0. The van der Waals surface area contributed by atoms with Crippen LogP contribution in [0.1, 0.15) is 48.4 Å². The molecule has 6 nitrogen and oxygen atoms in total. The van der Waals surface area contributed by atoms with Crippen LogP contribution in [0.3, 0.4) is 0 Å². The summed E-state index contributed by atoms with van der Waals surface area (Å²) in [7, 11) is 1.57. The molecular weight excluding hydrogens is 457 g/mol. The summed E-state index contributed by atoms with van der Waals surface area (Å²) in [5.41, 5.74) is -1.75. The number of aromatic nitrogens is 3. The molecular formula is C23H22ClF3N4O2. The number of nitrogens with zero attached hydrogens (tertiary/aromatic N) is 3. The second kappa shape index (κ2) is 8.37. The lowest BCUT2D eigenvalue weighted by Crippen LogP contribution is -2.31. The van der Waals surface area contributed by atoms with E-state index in [1.165, 1.54) is 28.8 Å². The third kappa shape index (κ3) is 4.83. The third-order valence-corrected chi connectivity index (χ3v) is 5.59. The lowest BCUT2D eigenvalue weighted by Gasteiger charge is -2.27. The molecule has 1 N–H and O–H groups in total. The number of carbonyl (C=O) groups is 1. The normalized spacial score (nSPS) is 14.3. The minimum Gasteiger partial charge on any atom is -0.479 e. The maximum Gasteiger partial charge on any atom is 0.417 e. The lowest BCUT2D eigenvalue weighted by molar-refractivity contribution is -0.137. The average Bonchev–Trinajstić information content (AvgIpc) is 3.46. The number of ether oxygens (including phenoxy) is 1. The van der Waals surface area contributed by atoms with Crippen molar-refractivity contribution >= 4 is 17.5 Å². The van der Waals surface area contributed by atoms with E-state index in [1.807, 2.05) is 0 Å². The van der Waals surface area contributed by atoms with Gasteiger partial charge in [0.1, 0.15) is 5.75 Å². The van der Waals surface area contributed by atoms with Crippen molar-refractivity contribution in [1.29, 1.82) is 0 Å². The summed E-state index contributed by atoms with van der Waals surface area (Å²) in [5, 5.41) is 11.4. The van der Waals surface area contributed by atoms with E-state index in [1.54, 1.807) is 33.0 Å². The van der Waals surface area contributed by atoms with Crippen LogP contribution in [-0.4, -0.2) is 26.7 Å². The van der Waals surface area contributed by atoms with Crippen LogP contribution in [0.5, 0.6) is 5.75 Å². The summed E-state index contributed by atoms with van der Waals surface area (Å²) in [5.74, 6) is 0.321. The van der Waals surface area contributed by atoms with Crippen molar-refractivity contribution < 1.29 is 22.7 Å². The highest BCUT2D eigenvalue weighted by Gasteiger charge is 2.37. The molecule has 0 bridgehead atoms. The fourth-order valence-corrected chi connectivity index (χ4v) is 3.77. The van der Waals surface area contributed by atoms with Crippen LogP contribution < -0.4 is 10.1 Å². The van der Waals surface area contributed by atoms with Crippen LogP contribution in [0, 0.1) is 0 Å². The molecule has 1 amide bonds. The molecule has 10 heteroatoms. The summed E-state index contributed by atoms with van der Waals surface area (Å²) < 4.78 is 48.2. The summed E-state index contributed by atoms with van der Waals surface area (Å²) in [6.45, 7) is 3.40. The monoisotopic (exact) mass is 478 g/mol. The molecule has 0 unspecified atom stereocenters. The van der Waals surface area contributed by atoms with Gasteiger partial charge in [-0.2, -0.15) is 13.2 Å². The number of carbonyl (C=O) groups excluding carboxylic acids is 1. The van der Waals surface area contributed by atoms with E-state index in [9.17, 15) is 18.0 Å². The zero-order valence-corrected chi connectivity index (χ0v) is 19.0. The first-order valence-corrected chi connectivity index (χ1v) is 10.7. The SMILES string of the molecule is Cn1c(-c2ccccc2C(F)(F)F)nnc1C(C)(C)Oc1ccc(Cl)cc1C(=O)NC1CC1. The Balaban J connectivity index is 1.68. The molecule has 1 aromatic heterocycles. The van der Waals surface area contributed by atoms with E-state index in [-0.39, 0.29) is 40.5 Å². The van der Waals surface area contributed by atoms with Gasteiger partial charge in [-0.05, 0) is 51.0 Å². The van der Waals surface area contributed by atoms with Crippen LogP contribution in [0.2, 0.25) is 5.02 Å². The second-order valence-corrected chi connectivity index (χ2v) is 8.89. The van der Waals surface area contributed by atoms with Crippen molar-refractivity contribution in [2.24, 2.45) is 7.05 Å². The van der Waals surface area contributed by atoms with Gasteiger partial charge in [-0.3, -0.25) is 4.79 Å². The molecule has 0 spiro atoms. The number of halogens is 4. The van der Waals surface area contributed by atoms with E-state index in [2.05, 4.69) is 15.5 Å². The van der Waals surface area contributed by atoms with Gasteiger partial charge in [0, 0.05) is 23.7 Å². The van der Waals surface area contributed by atoms with Crippen LogP contribution in [-0.2, 0) is 18.8 Å². The molecule has 0 atom stereocenters. The molecule has 1 aliphatic rings. The third-order valence-electron chi connectivity index (χ3n) is 5.35. The molecule has 0 radical (unpaired) electrons. The molecule has 33 heavy (non-hydrogen) atoms. The van der Waals surface area contributed by atoms with E-state index in [4.69, 9.17) is 16.3 Å². The molecule has 1 heterocycles. The lowest BCUT2D eigenvalue weighted by atomic mass is 10.1. The fraction of sp³-hybridized carbons (Fsp3) is 0.348. The first-order valence-electron chi connectivity index (χ1n) is 10.3. The highest BCUT2D eigenvalue weighted by atomic mass is 35.5. The highest BCUT2D eigenvalue weighted by molar-refractivity contribution is 6.31. The van der Waals surface area contributed by atoms with Gasteiger partial charge < -0.3 is 14.6 Å². The average molecular weight is 479 g/mol. The van der Waals surface area contributed by atoms with Gasteiger partial charge in [-0.25, -0.2) is 0 Å². The number of amides is 1. The first kappa shape index (κ1) is 23.1. The Hall–Kier alpha value is -3.07. The molecule has 174 valence electrons. The van der Waals surface area contributed by atoms with Crippen LogP contribution in [0.15, 0.2) is 42.5 Å². The zero-order valence-electron chi connectivity index (χ0n) is 18.2. The molecule has 0 aliphatic heterocycles. The highest BCUT2D eigenvalue weighted by Crippen LogP contribution is 2.38. The van der Waals surface area contributed by atoms with E-state index >= 15 is 0 Å². The number of hydrogen-bond acceptors (Lipinski definition) is 4. The number of hydrogen-bond donors (Lipinski definition) is 1. The van der Waals surface area contributed by atoms with Gasteiger partial charge >= 0.3 is 6.18 Å². The van der Waals surface area contributed by atoms with Crippen molar-refractivity contribution in [1.82, 2.24) is 20.1 Å². The molecule has 2 aromatic carbocycles. The number of rotatable bonds is 6. The predicted octanol–water partition coefficient (Wildman–Crippen LogP) is 5.36. The number of alkyl halides is 3. The quantitative estimate of drug-likeness (QED) is 0.518. The van der Waals surface area contributed by atoms with Gasteiger partial charge in [0.15, 0.2) is 17.2 Å². The number of nitrogens with one attached hydrogen (secondary N) is 1. The smallest absolute Gasteiger partial charge is 0.417 e. The molecule has 3 aromatic rings. The van der Waals surface area contributed by atoms with Gasteiger partial charge in [-0.15, -0.1) is 10.2 Å². The first-order chi connectivity index (χ1) is 15.5. The molecule has 0 saturated heterocycles. The summed E-state index contributed by atoms with van der Waals surface area (Å²) in [6.07, 6.45) is -2.69. The summed E-state index contributed by atoms with van der Waals surface area (Å²) in [4.78, 5) is 12.7.